The minimum Gasteiger partial charge on any atom is -0.385 e. The summed E-state index contributed by atoms with van der Waals surface area (Å²) in [4.78, 5) is 2.13. The lowest BCUT2D eigenvalue weighted by atomic mass is 10.1. The third-order valence-electron chi connectivity index (χ3n) is 2.88. The van der Waals surface area contributed by atoms with Gasteiger partial charge in [-0.05, 0) is 27.6 Å². The Morgan fingerprint density at radius 2 is 2.28 bits per heavy atom. The van der Waals surface area contributed by atoms with Crippen LogP contribution in [0.2, 0.25) is 5.02 Å². The summed E-state index contributed by atoms with van der Waals surface area (Å²) >= 11 is 6.23. The van der Waals surface area contributed by atoms with Gasteiger partial charge in [-0.1, -0.05) is 11.6 Å². The Balaban J connectivity index is 2.80. The third-order valence-corrected chi connectivity index (χ3v) is 3.17. The molecule has 1 unspecified atom stereocenters. The van der Waals surface area contributed by atoms with Crippen LogP contribution in [0, 0.1) is 0 Å². The molecule has 0 saturated heterocycles. The van der Waals surface area contributed by atoms with Gasteiger partial charge in [-0.25, -0.2) is 0 Å². The highest BCUT2D eigenvalue weighted by Gasteiger charge is 2.18. The van der Waals surface area contributed by atoms with Crippen LogP contribution in [0.15, 0.2) is 6.20 Å². The van der Waals surface area contributed by atoms with Gasteiger partial charge in [0, 0.05) is 20.3 Å². The lowest BCUT2D eigenvalue weighted by Crippen LogP contribution is -2.25. The summed E-state index contributed by atoms with van der Waals surface area (Å²) in [6, 6.07) is 0.169. The van der Waals surface area contributed by atoms with Crippen molar-refractivity contribution in [2.45, 2.75) is 19.0 Å². The number of aromatic nitrogens is 2. The Morgan fingerprint density at radius 3 is 2.83 bits per heavy atom. The van der Waals surface area contributed by atoms with Gasteiger partial charge in [-0.15, -0.1) is 0 Å². The van der Waals surface area contributed by atoms with Crippen LogP contribution in [-0.4, -0.2) is 56.1 Å². The summed E-state index contributed by atoms with van der Waals surface area (Å²) in [6.45, 7) is 2.46. The van der Waals surface area contributed by atoms with Crippen molar-refractivity contribution in [3.8, 4) is 0 Å². The summed E-state index contributed by atoms with van der Waals surface area (Å²) in [6.07, 6.45) is 2.59. The fourth-order valence-corrected chi connectivity index (χ4v) is 2.12. The standard InChI is InChI=1S/C12H23ClN4O/c1-14-11(5-8-18-4)12-10(13)9-15-17(12)7-6-16(2)3/h9,11,14H,5-8H2,1-4H3. The predicted octanol–water partition coefficient (Wildman–Crippen LogP) is 1.40. The molecule has 5 nitrogen and oxygen atoms in total. The topological polar surface area (TPSA) is 42.3 Å². The summed E-state index contributed by atoms with van der Waals surface area (Å²) in [5.74, 6) is 0. The first-order valence-corrected chi connectivity index (χ1v) is 6.50. The van der Waals surface area contributed by atoms with Gasteiger partial charge >= 0.3 is 0 Å². The molecule has 1 N–H and O–H groups in total. The first kappa shape index (κ1) is 15.4. The molecule has 1 atom stereocenters. The molecule has 0 aliphatic carbocycles. The number of methoxy groups -OCH3 is 1. The molecule has 18 heavy (non-hydrogen) atoms. The van der Waals surface area contributed by atoms with Crippen molar-refractivity contribution >= 4 is 11.6 Å². The van der Waals surface area contributed by atoms with Crippen molar-refractivity contribution in [2.75, 3.05) is 41.4 Å². The van der Waals surface area contributed by atoms with Crippen LogP contribution in [0.25, 0.3) is 0 Å². The normalized spacial score (nSPS) is 13.2. The first-order valence-electron chi connectivity index (χ1n) is 6.12. The molecule has 0 amide bonds. The molecule has 0 fully saturated rings. The van der Waals surface area contributed by atoms with Crippen LogP contribution in [0.4, 0.5) is 0 Å². The van der Waals surface area contributed by atoms with Gasteiger partial charge in [-0.2, -0.15) is 5.10 Å². The van der Waals surface area contributed by atoms with Crippen molar-refractivity contribution in [1.82, 2.24) is 20.0 Å². The lowest BCUT2D eigenvalue weighted by Gasteiger charge is -2.19. The molecule has 1 heterocycles. The molecule has 104 valence electrons. The van der Waals surface area contributed by atoms with E-state index in [1.54, 1.807) is 13.3 Å². The van der Waals surface area contributed by atoms with Crippen LogP contribution < -0.4 is 5.32 Å². The molecule has 0 bridgehead atoms. The highest BCUT2D eigenvalue weighted by molar-refractivity contribution is 6.31. The molecule has 6 heteroatoms. The van der Waals surface area contributed by atoms with Crippen LogP contribution in [0.3, 0.4) is 0 Å². The average Bonchev–Trinajstić information content (AvgIpc) is 2.70. The Hall–Kier alpha value is -0.620. The number of nitrogens with one attached hydrogen (secondary N) is 1. The van der Waals surface area contributed by atoms with Crippen molar-refractivity contribution in [3.63, 3.8) is 0 Å². The molecule has 0 saturated carbocycles. The maximum absolute atomic E-state index is 6.23. The average molecular weight is 275 g/mol. The van der Waals surface area contributed by atoms with Crippen LogP contribution in [-0.2, 0) is 11.3 Å². The molecule has 0 spiro atoms. The predicted molar refractivity (Wildman–Crippen MR) is 74.1 cm³/mol. The van der Waals surface area contributed by atoms with Gasteiger partial charge in [-0.3, -0.25) is 4.68 Å². The minimum absolute atomic E-state index is 0.169. The zero-order chi connectivity index (χ0) is 13.5. The number of halogens is 1. The second-order valence-electron chi connectivity index (χ2n) is 4.53. The fourth-order valence-electron chi connectivity index (χ4n) is 1.84. The number of nitrogens with zero attached hydrogens (tertiary/aromatic N) is 3. The number of hydrogen-bond acceptors (Lipinski definition) is 4. The van der Waals surface area contributed by atoms with E-state index in [0.717, 1.165) is 25.2 Å². The summed E-state index contributed by atoms with van der Waals surface area (Å²) in [7, 11) is 7.73. The minimum atomic E-state index is 0.169. The summed E-state index contributed by atoms with van der Waals surface area (Å²) in [5.41, 5.74) is 1.04. The van der Waals surface area contributed by atoms with Crippen LogP contribution in [0.1, 0.15) is 18.2 Å². The number of rotatable bonds is 8. The molecule has 0 radical (unpaired) electrons. The molecular formula is C12H23ClN4O. The lowest BCUT2D eigenvalue weighted by molar-refractivity contribution is 0.182. The van der Waals surface area contributed by atoms with E-state index in [2.05, 4.69) is 15.3 Å². The van der Waals surface area contributed by atoms with E-state index < -0.39 is 0 Å². The van der Waals surface area contributed by atoms with Crippen molar-refractivity contribution in [1.29, 1.82) is 0 Å². The molecule has 1 aromatic heterocycles. The molecule has 0 aromatic carbocycles. The van der Waals surface area contributed by atoms with Crippen molar-refractivity contribution in [3.05, 3.63) is 16.9 Å². The molecule has 0 aliphatic rings. The SMILES string of the molecule is CNC(CCOC)c1c(Cl)cnn1CCN(C)C. The van der Waals surface area contributed by atoms with Crippen molar-refractivity contribution in [2.24, 2.45) is 0 Å². The molecule has 1 rings (SSSR count). The van der Waals surface area contributed by atoms with Gasteiger partial charge in [0.2, 0.25) is 0 Å². The number of ether oxygens (including phenoxy) is 1. The molecule has 1 aromatic rings. The van der Waals surface area contributed by atoms with E-state index in [4.69, 9.17) is 16.3 Å². The van der Waals surface area contributed by atoms with Gasteiger partial charge in [0.15, 0.2) is 0 Å². The molecule has 0 aliphatic heterocycles. The van der Waals surface area contributed by atoms with Gasteiger partial charge in [0.05, 0.1) is 29.5 Å². The highest BCUT2D eigenvalue weighted by atomic mass is 35.5. The van der Waals surface area contributed by atoms with Gasteiger partial charge in [0.1, 0.15) is 0 Å². The zero-order valence-electron chi connectivity index (χ0n) is 11.6. The van der Waals surface area contributed by atoms with E-state index in [1.165, 1.54) is 0 Å². The first-order chi connectivity index (χ1) is 8.60. The Morgan fingerprint density at radius 1 is 1.56 bits per heavy atom. The number of likely N-dealkylation sites (N-methyl/N-ethyl adjacent to an activating group) is 1. The van der Waals surface area contributed by atoms with E-state index in [-0.39, 0.29) is 6.04 Å². The second kappa shape index (κ2) is 7.74. The molecular weight excluding hydrogens is 252 g/mol. The van der Waals surface area contributed by atoms with E-state index in [1.807, 2.05) is 25.8 Å². The van der Waals surface area contributed by atoms with Crippen molar-refractivity contribution < 1.29 is 4.74 Å². The summed E-state index contributed by atoms with van der Waals surface area (Å²) in [5, 5.41) is 8.32. The maximum Gasteiger partial charge on any atom is 0.0834 e. The van der Waals surface area contributed by atoms with Crippen LogP contribution >= 0.6 is 11.6 Å². The third kappa shape index (κ3) is 4.24. The Labute approximate surface area is 114 Å². The maximum atomic E-state index is 6.23. The number of hydrogen-bond donors (Lipinski definition) is 1. The Bertz CT molecular complexity index is 354. The van der Waals surface area contributed by atoms with E-state index in [0.29, 0.717) is 11.6 Å². The largest absolute Gasteiger partial charge is 0.385 e. The quantitative estimate of drug-likeness (QED) is 0.778. The second-order valence-corrected chi connectivity index (χ2v) is 4.93. The Kier molecular flexibility index (Phi) is 6.63. The van der Waals surface area contributed by atoms with E-state index in [9.17, 15) is 0 Å². The fraction of sp³-hybridized carbons (Fsp3) is 0.750. The van der Waals surface area contributed by atoms with Crippen LogP contribution in [0.5, 0.6) is 0 Å². The smallest absolute Gasteiger partial charge is 0.0834 e. The van der Waals surface area contributed by atoms with E-state index >= 15 is 0 Å². The zero-order valence-corrected chi connectivity index (χ0v) is 12.4. The highest BCUT2D eigenvalue weighted by Crippen LogP contribution is 2.24. The van der Waals surface area contributed by atoms with Gasteiger partial charge in [0.25, 0.3) is 0 Å². The summed E-state index contributed by atoms with van der Waals surface area (Å²) < 4.78 is 7.10. The monoisotopic (exact) mass is 274 g/mol. The van der Waals surface area contributed by atoms with Gasteiger partial charge < -0.3 is 15.0 Å².